The van der Waals surface area contributed by atoms with Gasteiger partial charge in [-0.15, -0.1) is 0 Å². The lowest BCUT2D eigenvalue weighted by atomic mass is 9.76. The number of hydrogen-bond acceptors (Lipinski definition) is 4. The lowest BCUT2D eigenvalue weighted by Gasteiger charge is -2.28. The summed E-state index contributed by atoms with van der Waals surface area (Å²) in [6, 6.07) is -0.779. The SMILES string of the molecule is O=C1CC[C@@H](N2C(=O)[C@H]3CC[C@H]3C2=O)C(=O)N1. The Kier molecular flexibility index (Phi) is 2.08. The molecule has 0 radical (unpaired) electrons. The summed E-state index contributed by atoms with van der Waals surface area (Å²) in [5.41, 5.74) is 0. The summed E-state index contributed by atoms with van der Waals surface area (Å²) in [7, 11) is 0. The molecular weight excluding hydrogens is 224 g/mol. The van der Waals surface area contributed by atoms with Gasteiger partial charge in [-0.2, -0.15) is 0 Å². The monoisotopic (exact) mass is 236 g/mol. The molecule has 90 valence electrons. The van der Waals surface area contributed by atoms with Crippen LogP contribution in [0.2, 0.25) is 0 Å². The number of imide groups is 2. The van der Waals surface area contributed by atoms with Crippen LogP contribution in [0.1, 0.15) is 25.7 Å². The van der Waals surface area contributed by atoms with E-state index in [-0.39, 0.29) is 42.4 Å². The molecule has 0 spiro atoms. The molecule has 0 unspecified atom stereocenters. The number of nitrogens with one attached hydrogen (secondary N) is 1. The van der Waals surface area contributed by atoms with Gasteiger partial charge in [-0.25, -0.2) is 0 Å². The van der Waals surface area contributed by atoms with E-state index < -0.39 is 11.9 Å². The van der Waals surface area contributed by atoms with Crippen molar-refractivity contribution in [3.8, 4) is 0 Å². The molecule has 0 aromatic carbocycles. The maximum atomic E-state index is 11.9. The Balaban J connectivity index is 1.84. The minimum absolute atomic E-state index is 0.183. The second kappa shape index (κ2) is 3.38. The molecule has 6 heteroatoms. The molecule has 3 atom stereocenters. The zero-order valence-electron chi connectivity index (χ0n) is 9.14. The smallest absolute Gasteiger partial charge is 0.249 e. The minimum Gasteiger partial charge on any atom is -0.295 e. The van der Waals surface area contributed by atoms with Crippen LogP contribution in [-0.2, 0) is 19.2 Å². The number of piperidine rings is 1. The van der Waals surface area contributed by atoms with Crippen molar-refractivity contribution in [1.82, 2.24) is 10.2 Å². The quantitative estimate of drug-likeness (QED) is 0.603. The second-order valence-corrected chi connectivity index (χ2v) is 4.80. The van der Waals surface area contributed by atoms with E-state index in [9.17, 15) is 19.2 Å². The molecule has 1 saturated carbocycles. The third-order valence-corrected chi connectivity index (χ3v) is 3.91. The van der Waals surface area contributed by atoms with Crippen molar-refractivity contribution in [3.63, 3.8) is 0 Å². The summed E-state index contributed by atoms with van der Waals surface area (Å²) < 4.78 is 0. The van der Waals surface area contributed by atoms with E-state index in [1.54, 1.807) is 0 Å². The fourth-order valence-electron chi connectivity index (χ4n) is 2.79. The van der Waals surface area contributed by atoms with Gasteiger partial charge < -0.3 is 0 Å². The maximum Gasteiger partial charge on any atom is 0.249 e. The number of amides is 4. The van der Waals surface area contributed by atoms with Crippen LogP contribution in [0.3, 0.4) is 0 Å². The molecule has 3 aliphatic rings. The van der Waals surface area contributed by atoms with Gasteiger partial charge in [0, 0.05) is 6.42 Å². The van der Waals surface area contributed by atoms with Crippen molar-refractivity contribution in [2.24, 2.45) is 11.8 Å². The van der Waals surface area contributed by atoms with E-state index in [1.165, 1.54) is 0 Å². The highest BCUT2D eigenvalue weighted by atomic mass is 16.2. The van der Waals surface area contributed by atoms with Crippen molar-refractivity contribution in [3.05, 3.63) is 0 Å². The van der Waals surface area contributed by atoms with Gasteiger partial charge in [-0.05, 0) is 19.3 Å². The van der Waals surface area contributed by atoms with Gasteiger partial charge in [0.05, 0.1) is 11.8 Å². The fraction of sp³-hybridized carbons (Fsp3) is 0.636. The second-order valence-electron chi connectivity index (χ2n) is 4.80. The highest BCUT2D eigenvalue weighted by Crippen LogP contribution is 2.43. The van der Waals surface area contributed by atoms with Gasteiger partial charge in [-0.3, -0.25) is 29.4 Å². The van der Waals surface area contributed by atoms with Crippen LogP contribution in [0.15, 0.2) is 0 Å². The lowest BCUT2D eigenvalue weighted by molar-refractivity contribution is -0.151. The molecule has 3 fully saturated rings. The van der Waals surface area contributed by atoms with Gasteiger partial charge in [0.15, 0.2) is 0 Å². The van der Waals surface area contributed by atoms with Gasteiger partial charge in [-0.1, -0.05) is 0 Å². The Morgan fingerprint density at radius 3 is 2.00 bits per heavy atom. The van der Waals surface area contributed by atoms with Gasteiger partial charge >= 0.3 is 0 Å². The maximum absolute atomic E-state index is 11.9. The number of nitrogens with zero attached hydrogens (tertiary/aromatic N) is 1. The van der Waals surface area contributed by atoms with Gasteiger partial charge in [0.1, 0.15) is 6.04 Å². The molecular formula is C11H12N2O4. The Morgan fingerprint density at radius 2 is 1.53 bits per heavy atom. The van der Waals surface area contributed by atoms with E-state index in [0.29, 0.717) is 0 Å². The van der Waals surface area contributed by atoms with Crippen LogP contribution in [0.5, 0.6) is 0 Å². The highest BCUT2D eigenvalue weighted by Gasteiger charge is 2.56. The minimum atomic E-state index is -0.779. The van der Waals surface area contributed by atoms with Crippen LogP contribution >= 0.6 is 0 Å². The topological polar surface area (TPSA) is 83.6 Å². The third kappa shape index (κ3) is 1.33. The number of likely N-dealkylation sites (tertiary alicyclic amines) is 1. The third-order valence-electron chi connectivity index (χ3n) is 3.91. The number of fused-ring (bicyclic) bond motifs is 1. The first-order valence-corrected chi connectivity index (χ1v) is 5.80. The summed E-state index contributed by atoms with van der Waals surface area (Å²) in [6.45, 7) is 0. The molecule has 2 aliphatic heterocycles. The number of carbonyl (C=O) groups is 4. The molecule has 0 aromatic heterocycles. The predicted octanol–water partition coefficient (Wildman–Crippen LogP) is -0.813. The molecule has 0 aromatic rings. The molecule has 6 nitrogen and oxygen atoms in total. The molecule has 1 aliphatic carbocycles. The molecule has 4 amide bonds. The van der Waals surface area contributed by atoms with Crippen molar-refractivity contribution in [1.29, 1.82) is 0 Å². The Labute approximate surface area is 97.3 Å². The molecule has 17 heavy (non-hydrogen) atoms. The van der Waals surface area contributed by atoms with Crippen LogP contribution in [0, 0.1) is 11.8 Å². The van der Waals surface area contributed by atoms with Crippen molar-refractivity contribution >= 4 is 23.6 Å². The van der Waals surface area contributed by atoms with Crippen LogP contribution in [0.4, 0.5) is 0 Å². The fourth-order valence-corrected chi connectivity index (χ4v) is 2.79. The first-order chi connectivity index (χ1) is 8.09. The number of hydrogen-bond donors (Lipinski definition) is 1. The lowest BCUT2D eigenvalue weighted by Crippen LogP contribution is -2.54. The average Bonchev–Trinajstić information content (AvgIpc) is 2.34. The largest absolute Gasteiger partial charge is 0.295 e. The first kappa shape index (κ1) is 10.4. The van der Waals surface area contributed by atoms with Gasteiger partial charge in [0.25, 0.3) is 0 Å². The Hall–Kier alpha value is -1.72. The summed E-state index contributed by atoms with van der Waals surface area (Å²) in [5, 5.41) is 2.17. The standard InChI is InChI=1S/C11H12N2O4/c14-8-4-3-7(9(15)12-8)13-10(16)5-1-2-6(5)11(13)17/h5-7H,1-4H2,(H,12,14,15)/t5-,6+,7-/m1/s1. The van der Waals surface area contributed by atoms with Crippen molar-refractivity contribution in [2.45, 2.75) is 31.7 Å². The Bertz CT molecular complexity index is 423. The molecule has 0 bridgehead atoms. The zero-order valence-corrected chi connectivity index (χ0v) is 9.14. The Morgan fingerprint density at radius 1 is 0.941 bits per heavy atom. The molecule has 1 N–H and O–H groups in total. The highest BCUT2D eigenvalue weighted by molar-refractivity contribution is 6.11. The summed E-state index contributed by atoms with van der Waals surface area (Å²) in [5.74, 6) is -1.76. The van der Waals surface area contributed by atoms with E-state index in [1.807, 2.05) is 0 Å². The normalized spacial score (nSPS) is 36.7. The molecule has 2 saturated heterocycles. The van der Waals surface area contributed by atoms with Crippen LogP contribution < -0.4 is 5.32 Å². The van der Waals surface area contributed by atoms with E-state index in [0.717, 1.165) is 17.7 Å². The average molecular weight is 236 g/mol. The van der Waals surface area contributed by atoms with Gasteiger partial charge in [0.2, 0.25) is 23.6 Å². The molecule has 3 rings (SSSR count). The first-order valence-electron chi connectivity index (χ1n) is 5.80. The summed E-state index contributed by atoms with van der Waals surface area (Å²) in [6.07, 6.45) is 1.91. The van der Waals surface area contributed by atoms with E-state index in [2.05, 4.69) is 5.32 Å². The van der Waals surface area contributed by atoms with Crippen molar-refractivity contribution < 1.29 is 19.2 Å². The summed E-state index contributed by atoms with van der Waals surface area (Å²) >= 11 is 0. The molecule has 2 heterocycles. The zero-order chi connectivity index (χ0) is 12.2. The van der Waals surface area contributed by atoms with Crippen LogP contribution in [-0.4, -0.2) is 34.6 Å². The summed E-state index contributed by atoms with van der Waals surface area (Å²) in [4.78, 5) is 47.6. The van der Waals surface area contributed by atoms with E-state index in [4.69, 9.17) is 0 Å². The number of carbonyl (C=O) groups excluding carboxylic acids is 4. The predicted molar refractivity (Wildman–Crippen MR) is 54.2 cm³/mol. The van der Waals surface area contributed by atoms with E-state index >= 15 is 0 Å². The number of rotatable bonds is 1. The van der Waals surface area contributed by atoms with Crippen molar-refractivity contribution in [2.75, 3.05) is 0 Å². The van der Waals surface area contributed by atoms with Crippen LogP contribution in [0.25, 0.3) is 0 Å².